The highest BCUT2D eigenvalue weighted by Crippen LogP contribution is 2.24. The number of ether oxygens (including phenoxy) is 1. The third-order valence-corrected chi connectivity index (χ3v) is 3.63. The molecule has 0 atom stereocenters. The summed E-state index contributed by atoms with van der Waals surface area (Å²) in [6.45, 7) is 3.83. The topological polar surface area (TPSA) is 56.2 Å². The van der Waals surface area contributed by atoms with Gasteiger partial charge in [0, 0.05) is 24.8 Å². The molecule has 0 radical (unpaired) electrons. The SMILES string of the molecule is Cc1nn(C)c(C)c1CCC(=O)Nc1ccc(OC(F)(F)F)cc1. The first-order valence-electron chi connectivity index (χ1n) is 7.30. The van der Waals surface area contributed by atoms with Gasteiger partial charge in [0.05, 0.1) is 5.69 Å². The third kappa shape index (κ3) is 4.74. The number of amides is 1. The number of nitrogens with one attached hydrogen (secondary N) is 1. The highest BCUT2D eigenvalue weighted by molar-refractivity contribution is 5.90. The van der Waals surface area contributed by atoms with Crippen LogP contribution in [0.4, 0.5) is 18.9 Å². The molecule has 24 heavy (non-hydrogen) atoms. The fourth-order valence-electron chi connectivity index (χ4n) is 2.38. The maximum atomic E-state index is 12.1. The summed E-state index contributed by atoms with van der Waals surface area (Å²) >= 11 is 0. The predicted octanol–water partition coefficient (Wildman–Crippen LogP) is 3.51. The summed E-state index contributed by atoms with van der Waals surface area (Å²) in [5, 5.41) is 6.94. The van der Waals surface area contributed by atoms with Crippen LogP contribution in [0.5, 0.6) is 5.75 Å². The van der Waals surface area contributed by atoms with Crippen molar-refractivity contribution in [3.63, 3.8) is 0 Å². The van der Waals surface area contributed by atoms with Gasteiger partial charge in [0.25, 0.3) is 0 Å². The van der Waals surface area contributed by atoms with Gasteiger partial charge in [-0.1, -0.05) is 0 Å². The summed E-state index contributed by atoms with van der Waals surface area (Å²) in [4.78, 5) is 12.0. The summed E-state index contributed by atoms with van der Waals surface area (Å²) in [6, 6.07) is 5.02. The quantitative estimate of drug-likeness (QED) is 0.905. The Morgan fingerprint density at radius 2 is 1.88 bits per heavy atom. The number of rotatable bonds is 5. The molecule has 2 aromatic rings. The molecule has 0 aliphatic carbocycles. The van der Waals surface area contributed by atoms with Crippen LogP contribution in [0.1, 0.15) is 23.4 Å². The van der Waals surface area contributed by atoms with Gasteiger partial charge in [-0.3, -0.25) is 9.48 Å². The molecule has 0 saturated heterocycles. The second kappa shape index (κ2) is 6.94. The van der Waals surface area contributed by atoms with Crippen LogP contribution in [-0.2, 0) is 18.3 Å². The number of hydrogen-bond acceptors (Lipinski definition) is 3. The Hall–Kier alpha value is -2.51. The minimum Gasteiger partial charge on any atom is -0.406 e. The van der Waals surface area contributed by atoms with Crippen LogP contribution in [0.2, 0.25) is 0 Å². The van der Waals surface area contributed by atoms with Crippen LogP contribution < -0.4 is 10.1 Å². The molecule has 0 fully saturated rings. The van der Waals surface area contributed by atoms with E-state index in [1.54, 1.807) is 4.68 Å². The van der Waals surface area contributed by atoms with E-state index in [2.05, 4.69) is 15.2 Å². The average Bonchev–Trinajstić information content (AvgIpc) is 2.71. The van der Waals surface area contributed by atoms with Gasteiger partial charge < -0.3 is 10.1 Å². The molecule has 5 nitrogen and oxygen atoms in total. The first-order valence-corrected chi connectivity index (χ1v) is 7.30. The van der Waals surface area contributed by atoms with Gasteiger partial charge in [0.2, 0.25) is 5.91 Å². The highest BCUT2D eigenvalue weighted by atomic mass is 19.4. The molecule has 0 saturated carbocycles. The number of aryl methyl sites for hydroxylation is 2. The first-order chi connectivity index (χ1) is 11.2. The number of hydrogen-bond donors (Lipinski definition) is 1. The monoisotopic (exact) mass is 341 g/mol. The van der Waals surface area contributed by atoms with Crippen LogP contribution in [0.25, 0.3) is 0 Å². The van der Waals surface area contributed by atoms with Crippen molar-refractivity contribution in [1.82, 2.24) is 9.78 Å². The van der Waals surface area contributed by atoms with E-state index in [9.17, 15) is 18.0 Å². The van der Waals surface area contributed by atoms with Crippen molar-refractivity contribution in [1.29, 1.82) is 0 Å². The van der Waals surface area contributed by atoms with Crippen LogP contribution in [0.3, 0.4) is 0 Å². The van der Waals surface area contributed by atoms with E-state index >= 15 is 0 Å². The highest BCUT2D eigenvalue weighted by Gasteiger charge is 2.30. The molecule has 0 spiro atoms. The Bertz CT molecular complexity index is 721. The van der Waals surface area contributed by atoms with Crippen molar-refractivity contribution < 1.29 is 22.7 Å². The van der Waals surface area contributed by atoms with Crippen molar-refractivity contribution in [3.05, 3.63) is 41.2 Å². The summed E-state index contributed by atoms with van der Waals surface area (Å²) < 4.78 is 41.8. The van der Waals surface area contributed by atoms with Gasteiger partial charge in [-0.05, 0) is 50.1 Å². The number of benzene rings is 1. The smallest absolute Gasteiger partial charge is 0.406 e. The first kappa shape index (κ1) is 17.8. The van der Waals surface area contributed by atoms with Gasteiger partial charge in [0.1, 0.15) is 5.75 Å². The molecule has 1 heterocycles. The van der Waals surface area contributed by atoms with Gasteiger partial charge in [-0.15, -0.1) is 13.2 Å². The molecule has 8 heteroatoms. The Morgan fingerprint density at radius 3 is 2.38 bits per heavy atom. The number of nitrogens with zero attached hydrogens (tertiary/aromatic N) is 2. The molecule has 2 rings (SSSR count). The zero-order valence-corrected chi connectivity index (χ0v) is 13.6. The van der Waals surface area contributed by atoms with Crippen LogP contribution in [-0.4, -0.2) is 22.1 Å². The van der Waals surface area contributed by atoms with E-state index in [1.807, 2.05) is 20.9 Å². The third-order valence-electron chi connectivity index (χ3n) is 3.63. The van der Waals surface area contributed by atoms with Gasteiger partial charge in [-0.2, -0.15) is 5.10 Å². The molecule has 1 amide bonds. The Balaban J connectivity index is 1.90. The summed E-state index contributed by atoms with van der Waals surface area (Å²) in [5.74, 6) is -0.552. The van der Waals surface area contributed by atoms with E-state index in [1.165, 1.54) is 12.1 Å². The summed E-state index contributed by atoms with van der Waals surface area (Å²) in [6.07, 6.45) is -3.93. The number of aromatic nitrogens is 2. The molecule has 130 valence electrons. The summed E-state index contributed by atoms with van der Waals surface area (Å²) in [5.41, 5.74) is 3.33. The van der Waals surface area contributed by atoms with Gasteiger partial charge in [0.15, 0.2) is 0 Å². The van der Waals surface area contributed by atoms with Crippen molar-refractivity contribution in [3.8, 4) is 5.75 Å². The number of anilines is 1. The number of alkyl halides is 3. The van der Waals surface area contributed by atoms with E-state index in [0.717, 1.165) is 29.1 Å². The molecule has 0 unspecified atom stereocenters. The van der Waals surface area contributed by atoms with E-state index < -0.39 is 6.36 Å². The van der Waals surface area contributed by atoms with Crippen molar-refractivity contribution in [2.45, 2.75) is 33.1 Å². The van der Waals surface area contributed by atoms with Crippen molar-refractivity contribution in [2.75, 3.05) is 5.32 Å². The van der Waals surface area contributed by atoms with E-state index in [4.69, 9.17) is 0 Å². The molecular formula is C16H18F3N3O2. The van der Waals surface area contributed by atoms with E-state index in [-0.39, 0.29) is 18.1 Å². The Morgan fingerprint density at radius 1 is 1.25 bits per heavy atom. The molecule has 1 aromatic heterocycles. The fourth-order valence-corrected chi connectivity index (χ4v) is 2.38. The lowest BCUT2D eigenvalue weighted by Crippen LogP contribution is -2.17. The zero-order valence-electron chi connectivity index (χ0n) is 13.6. The number of halogens is 3. The fraction of sp³-hybridized carbons (Fsp3) is 0.375. The lowest BCUT2D eigenvalue weighted by molar-refractivity contribution is -0.274. The Kier molecular flexibility index (Phi) is 5.16. The maximum absolute atomic E-state index is 12.1. The average molecular weight is 341 g/mol. The minimum absolute atomic E-state index is 0.220. The molecular weight excluding hydrogens is 323 g/mol. The van der Waals surface area contributed by atoms with Crippen LogP contribution >= 0.6 is 0 Å². The molecule has 1 N–H and O–H groups in total. The van der Waals surface area contributed by atoms with Gasteiger partial charge in [-0.25, -0.2) is 0 Å². The van der Waals surface area contributed by atoms with Gasteiger partial charge >= 0.3 is 6.36 Å². The van der Waals surface area contributed by atoms with Crippen LogP contribution in [0, 0.1) is 13.8 Å². The van der Waals surface area contributed by atoms with E-state index in [0.29, 0.717) is 12.1 Å². The number of carbonyl (C=O) groups excluding carboxylic acids is 1. The zero-order chi connectivity index (χ0) is 17.9. The van der Waals surface area contributed by atoms with Crippen LogP contribution in [0.15, 0.2) is 24.3 Å². The second-order valence-electron chi connectivity index (χ2n) is 5.39. The Labute approximate surface area is 137 Å². The van der Waals surface area contributed by atoms with Crippen molar-refractivity contribution >= 4 is 11.6 Å². The second-order valence-corrected chi connectivity index (χ2v) is 5.39. The number of carbonyl (C=O) groups is 1. The lowest BCUT2D eigenvalue weighted by atomic mass is 10.1. The lowest BCUT2D eigenvalue weighted by Gasteiger charge is -2.10. The predicted molar refractivity (Wildman–Crippen MR) is 82.8 cm³/mol. The largest absolute Gasteiger partial charge is 0.573 e. The summed E-state index contributed by atoms with van der Waals surface area (Å²) in [7, 11) is 1.84. The standard InChI is InChI=1S/C16H18F3N3O2/c1-10-14(11(2)22(3)21-10)8-9-15(23)20-12-4-6-13(7-5-12)24-16(17,18)19/h4-7H,8-9H2,1-3H3,(H,20,23). The molecule has 0 bridgehead atoms. The minimum atomic E-state index is -4.73. The normalized spacial score (nSPS) is 11.4. The molecule has 0 aliphatic rings. The molecule has 1 aromatic carbocycles. The molecule has 0 aliphatic heterocycles. The van der Waals surface area contributed by atoms with Crippen molar-refractivity contribution in [2.24, 2.45) is 7.05 Å². The maximum Gasteiger partial charge on any atom is 0.573 e.